The first-order valence-corrected chi connectivity index (χ1v) is 8.69. The minimum atomic E-state index is -0.424. The first-order chi connectivity index (χ1) is 12.3. The van der Waals surface area contributed by atoms with Crippen LogP contribution in [0.2, 0.25) is 0 Å². The predicted molar refractivity (Wildman–Crippen MR) is 104 cm³/mol. The number of amides is 1. The average Bonchev–Trinajstić information content (AvgIpc) is 2.90. The Morgan fingerprint density at radius 2 is 1.92 bits per heavy atom. The van der Waals surface area contributed by atoms with Gasteiger partial charge in [0.2, 0.25) is 0 Å². The molecule has 0 aliphatic heterocycles. The lowest BCUT2D eigenvalue weighted by Gasteiger charge is -2.16. The Morgan fingerprint density at radius 3 is 2.46 bits per heavy atom. The summed E-state index contributed by atoms with van der Waals surface area (Å²) in [5.41, 5.74) is 5.10. The van der Waals surface area contributed by atoms with Crippen molar-refractivity contribution < 1.29 is 14.3 Å². The lowest BCUT2D eigenvalue weighted by Crippen LogP contribution is -2.16. The van der Waals surface area contributed by atoms with E-state index in [4.69, 9.17) is 4.74 Å². The zero-order valence-electron chi connectivity index (χ0n) is 16.3. The van der Waals surface area contributed by atoms with Gasteiger partial charge in [-0.25, -0.2) is 4.79 Å². The SMILES string of the molecule is CCCc1c(C(=O)Nc2ccc(N(C)C)c(C)c2)[nH]c(C)c1C(=O)OC. The summed E-state index contributed by atoms with van der Waals surface area (Å²) < 4.78 is 4.87. The summed E-state index contributed by atoms with van der Waals surface area (Å²) in [4.78, 5) is 30.0. The Morgan fingerprint density at radius 1 is 1.23 bits per heavy atom. The van der Waals surface area contributed by atoms with Crippen LogP contribution in [0, 0.1) is 13.8 Å². The van der Waals surface area contributed by atoms with E-state index in [1.165, 1.54) is 7.11 Å². The summed E-state index contributed by atoms with van der Waals surface area (Å²) >= 11 is 0. The first kappa shape index (κ1) is 19.6. The van der Waals surface area contributed by atoms with Crippen LogP contribution in [0.1, 0.15) is 51.0 Å². The largest absolute Gasteiger partial charge is 0.465 e. The van der Waals surface area contributed by atoms with Gasteiger partial charge in [0.05, 0.1) is 12.7 Å². The molecule has 26 heavy (non-hydrogen) atoms. The van der Waals surface area contributed by atoms with Crippen LogP contribution in [-0.2, 0) is 11.2 Å². The third-order valence-electron chi connectivity index (χ3n) is 4.34. The fourth-order valence-electron chi connectivity index (χ4n) is 3.18. The zero-order chi connectivity index (χ0) is 19.4. The lowest BCUT2D eigenvalue weighted by molar-refractivity contribution is 0.0599. The van der Waals surface area contributed by atoms with Crippen molar-refractivity contribution in [2.24, 2.45) is 0 Å². The van der Waals surface area contributed by atoms with Gasteiger partial charge in [0.1, 0.15) is 5.69 Å². The van der Waals surface area contributed by atoms with Crippen molar-refractivity contribution >= 4 is 23.3 Å². The zero-order valence-corrected chi connectivity index (χ0v) is 16.3. The number of aromatic amines is 1. The summed E-state index contributed by atoms with van der Waals surface area (Å²) in [6.07, 6.45) is 1.44. The molecule has 1 heterocycles. The van der Waals surface area contributed by atoms with Crippen LogP contribution in [0.3, 0.4) is 0 Å². The Hall–Kier alpha value is -2.76. The third-order valence-corrected chi connectivity index (χ3v) is 4.34. The summed E-state index contributed by atoms with van der Waals surface area (Å²) in [6, 6.07) is 5.78. The van der Waals surface area contributed by atoms with Crippen LogP contribution >= 0.6 is 0 Å². The smallest absolute Gasteiger partial charge is 0.339 e. The van der Waals surface area contributed by atoms with E-state index in [2.05, 4.69) is 10.3 Å². The molecule has 6 heteroatoms. The van der Waals surface area contributed by atoms with Crippen LogP contribution in [-0.4, -0.2) is 38.1 Å². The Kier molecular flexibility index (Phi) is 6.08. The molecule has 0 radical (unpaired) electrons. The molecule has 0 bridgehead atoms. The van der Waals surface area contributed by atoms with Crippen molar-refractivity contribution in [1.29, 1.82) is 0 Å². The van der Waals surface area contributed by atoms with E-state index in [1.54, 1.807) is 6.92 Å². The summed E-state index contributed by atoms with van der Waals surface area (Å²) in [7, 11) is 5.31. The average molecular weight is 357 g/mol. The molecule has 0 aliphatic rings. The molecule has 0 atom stereocenters. The van der Waals surface area contributed by atoms with Gasteiger partial charge in [0.25, 0.3) is 5.91 Å². The molecule has 0 fully saturated rings. The topological polar surface area (TPSA) is 74.4 Å². The number of hydrogen-bond donors (Lipinski definition) is 2. The number of H-pyrrole nitrogens is 1. The number of methoxy groups -OCH3 is 1. The Balaban J connectivity index is 2.35. The molecular formula is C20H27N3O3. The molecule has 2 aromatic rings. The molecule has 0 saturated heterocycles. The van der Waals surface area contributed by atoms with Crippen LogP contribution in [0.4, 0.5) is 11.4 Å². The van der Waals surface area contributed by atoms with Gasteiger partial charge < -0.3 is 19.9 Å². The van der Waals surface area contributed by atoms with E-state index < -0.39 is 5.97 Å². The predicted octanol–water partition coefficient (Wildman–Crippen LogP) is 3.69. The van der Waals surface area contributed by atoms with Crippen molar-refractivity contribution in [3.63, 3.8) is 0 Å². The van der Waals surface area contributed by atoms with Crippen LogP contribution in [0.15, 0.2) is 18.2 Å². The maximum absolute atomic E-state index is 12.8. The van der Waals surface area contributed by atoms with Crippen molar-refractivity contribution in [1.82, 2.24) is 4.98 Å². The number of hydrogen-bond acceptors (Lipinski definition) is 4. The molecule has 0 unspecified atom stereocenters. The van der Waals surface area contributed by atoms with Crippen molar-refractivity contribution in [2.45, 2.75) is 33.6 Å². The molecule has 0 saturated carbocycles. The van der Waals surface area contributed by atoms with Gasteiger partial charge >= 0.3 is 5.97 Å². The normalized spacial score (nSPS) is 10.5. The Bertz CT molecular complexity index is 822. The highest BCUT2D eigenvalue weighted by molar-refractivity contribution is 6.07. The molecule has 140 valence electrons. The number of anilines is 2. The van der Waals surface area contributed by atoms with E-state index in [9.17, 15) is 9.59 Å². The molecule has 1 aromatic heterocycles. The fraction of sp³-hybridized carbons (Fsp3) is 0.400. The van der Waals surface area contributed by atoms with Gasteiger partial charge in [-0.3, -0.25) is 4.79 Å². The minimum absolute atomic E-state index is 0.260. The minimum Gasteiger partial charge on any atom is -0.465 e. The van der Waals surface area contributed by atoms with E-state index in [1.807, 2.05) is 51.0 Å². The summed E-state index contributed by atoms with van der Waals surface area (Å²) in [6.45, 7) is 5.79. The van der Waals surface area contributed by atoms with E-state index in [-0.39, 0.29) is 5.91 Å². The van der Waals surface area contributed by atoms with Crippen molar-refractivity contribution in [2.75, 3.05) is 31.4 Å². The van der Waals surface area contributed by atoms with Gasteiger partial charge in [0.15, 0.2) is 0 Å². The number of aromatic nitrogens is 1. The third kappa shape index (κ3) is 3.90. The molecular weight excluding hydrogens is 330 g/mol. The molecule has 2 N–H and O–H groups in total. The summed E-state index contributed by atoms with van der Waals surface area (Å²) in [5, 5.41) is 2.92. The van der Waals surface area contributed by atoms with Crippen LogP contribution in [0.25, 0.3) is 0 Å². The van der Waals surface area contributed by atoms with Gasteiger partial charge in [0, 0.05) is 31.2 Å². The first-order valence-electron chi connectivity index (χ1n) is 8.69. The number of carbonyl (C=O) groups is 2. The highest BCUT2D eigenvalue weighted by Crippen LogP contribution is 2.25. The van der Waals surface area contributed by atoms with Gasteiger partial charge in [-0.1, -0.05) is 13.3 Å². The number of nitrogens with one attached hydrogen (secondary N) is 2. The fourth-order valence-corrected chi connectivity index (χ4v) is 3.18. The van der Waals surface area contributed by atoms with Gasteiger partial charge in [-0.2, -0.15) is 0 Å². The molecule has 1 amide bonds. The van der Waals surface area contributed by atoms with Crippen molar-refractivity contribution in [3.8, 4) is 0 Å². The Labute approximate surface area is 154 Å². The monoisotopic (exact) mass is 357 g/mol. The van der Waals surface area contributed by atoms with Gasteiger partial charge in [-0.05, 0) is 49.6 Å². The standard InChI is InChI=1S/C20H27N3O3/c1-7-8-15-17(20(25)26-6)13(3)21-18(15)19(24)22-14-9-10-16(23(4)5)12(2)11-14/h9-11,21H,7-8H2,1-6H3,(H,22,24). The molecule has 0 spiro atoms. The number of ether oxygens (including phenoxy) is 1. The second-order valence-electron chi connectivity index (χ2n) is 6.57. The number of rotatable bonds is 6. The number of esters is 1. The highest BCUT2D eigenvalue weighted by Gasteiger charge is 2.24. The van der Waals surface area contributed by atoms with Crippen molar-refractivity contribution in [3.05, 3.63) is 46.3 Å². The highest BCUT2D eigenvalue weighted by atomic mass is 16.5. The van der Waals surface area contributed by atoms with E-state index in [0.29, 0.717) is 34.6 Å². The molecule has 2 rings (SSSR count). The lowest BCUT2D eigenvalue weighted by atomic mass is 10.0. The quantitative estimate of drug-likeness (QED) is 0.773. The maximum Gasteiger partial charge on any atom is 0.339 e. The molecule has 0 aliphatic carbocycles. The van der Waals surface area contributed by atoms with E-state index in [0.717, 1.165) is 17.7 Å². The van der Waals surface area contributed by atoms with Crippen LogP contribution in [0.5, 0.6) is 0 Å². The number of nitrogens with zero attached hydrogens (tertiary/aromatic N) is 1. The van der Waals surface area contributed by atoms with Gasteiger partial charge in [-0.15, -0.1) is 0 Å². The second kappa shape index (κ2) is 8.08. The van der Waals surface area contributed by atoms with E-state index >= 15 is 0 Å². The molecule has 1 aromatic carbocycles. The molecule has 6 nitrogen and oxygen atoms in total. The summed E-state index contributed by atoms with van der Waals surface area (Å²) in [5.74, 6) is -0.684. The number of benzene rings is 1. The maximum atomic E-state index is 12.8. The number of carbonyl (C=O) groups excluding carboxylic acids is 2. The second-order valence-corrected chi connectivity index (χ2v) is 6.57. The van der Waals surface area contributed by atoms with Crippen LogP contribution < -0.4 is 10.2 Å². The number of aryl methyl sites for hydroxylation is 2.